The quantitative estimate of drug-likeness (QED) is 0.666. The molecule has 0 atom stereocenters. The summed E-state index contributed by atoms with van der Waals surface area (Å²) in [4.78, 5) is 29.4. The molecule has 31 heavy (non-hydrogen) atoms. The maximum Gasteiger partial charge on any atom is 0.422 e. The normalized spacial score (nSPS) is 13.9. The van der Waals surface area contributed by atoms with Crippen molar-refractivity contribution in [2.24, 2.45) is 0 Å². The third-order valence-electron chi connectivity index (χ3n) is 4.63. The van der Waals surface area contributed by atoms with Crippen LogP contribution in [0.1, 0.15) is 29.5 Å². The standard InChI is InChI=1S/C21H23F3N4O3/c22-21(23,24)14-31-18-10-16(6-7-25-18)12-27-20(30)26-11-15-3-1-4-17(9-15)13-28-8-2-5-19(28)29/h1,3-4,6-7,9-10H,2,5,8,11-14H2,(H2,26,27,30). The van der Waals surface area contributed by atoms with Gasteiger partial charge in [0.2, 0.25) is 11.8 Å². The van der Waals surface area contributed by atoms with Crippen molar-refractivity contribution < 1.29 is 27.5 Å². The third kappa shape index (κ3) is 7.47. The summed E-state index contributed by atoms with van der Waals surface area (Å²) >= 11 is 0. The molecule has 1 aromatic carbocycles. The van der Waals surface area contributed by atoms with Gasteiger partial charge in [-0.3, -0.25) is 4.79 Å². The number of likely N-dealkylation sites (tertiary alicyclic amines) is 1. The number of carbonyl (C=O) groups is 2. The molecule has 1 aromatic heterocycles. The minimum atomic E-state index is -4.45. The van der Waals surface area contributed by atoms with E-state index < -0.39 is 18.8 Å². The smallest absolute Gasteiger partial charge is 0.422 e. The Morgan fingerprint density at radius 1 is 1.10 bits per heavy atom. The van der Waals surface area contributed by atoms with Gasteiger partial charge in [0, 0.05) is 44.9 Å². The van der Waals surface area contributed by atoms with Gasteiger partial charge in [-0.05, 0) is 29.2 Å². The minimum Gasteiger partial charge on any atom is -0.468 e. The van der Waals surface area contributed by atoms with E-state index in [0.29, 0.717) is 25.1 Å². The molecule has 1 fully saturated rings. The van der Waals surface area contributed by atoms with E-state index in [0.717, 1.165) is 24.1 Å². The first kappa shape index (κ1) is 22.4. The molecule has 0 aliphatic carbocycles. The van der Waals surface area contributed by atoms with E-state index in [2.05, 4.69) is 20.4 Å². The van der Waals surface area contributed by atoms with Gasteiger partial charge in [0.05, 0.1) is 0 Å². The van der Waals surface area contributed by atoms with Gasteiger partial charge < -0.3 is 20.3 Å². The highest BCUT2D eigenvalue weighted by molar-refractivity contribution is 5.78. The van der Waals surface area contributed by atoms with Crippen molar-refractivity contribution in [3.8, 4) is 5.88 Å². The average Bonchev–Trinajstić information content (AvgIpc) is 3.14. The summed E-state index contributed by atoms with van der Waals surface area (Å²) in [6, 6.07) is 10.1. The summed E-state index contributed by atoms with van der Waals surface area (Å²) in [7, 11) is 0. The van der Waals surface area contributed by atoms with Crippen molar-refractivity contribution in [1.82, 2.24) is 20.5 Å². The molecule has 0 spiro atoms. The second kappa shape index (κ2) is 10.1. The van der Waals surface area contributed by atoms with Crippen molar-refractivity contribution in [2.75, 3.05) is 13.2 Å². The molecule has 0 saturated carbocycles. The monoisotopic (exact) mass is 436 g/mol. The lowest BCUT2D eigenvalue weighted by Gasteiger charge is -2.16. The molecule has 1 saturated heterocycles. The van der Waals surface area contributed by atoms with E-state index in [1.165, 1.54) is 12.3 Å². The predicted octanol–water partition coefficient (Wildman–Crippen LogP) is 3.14. The Labute approximate surface area is 177 Å². The molecule has 2 N–H and O–H groups in total. The number of rotatable bonds is 8. The van der Waals surface area contributed by atoms with Crippen LogP contribution < -0.4 is 15.4 Å². The van der Waals surface area contributed by atoms with Gasteiger partial charge in [0.1, 0.15) is 0 Å². The molecule has 2 aromatic rings. The highest BCUT2D eigenvalue weighted by Gasteiger charge is 2.28. The zero-order chi connectivity index (χ0) is 22.3. The van der Waals surface area contributed by atoms with Crippen LogP contribution in [0.3, 0.4) is 0 Å². The number of nitrogens with zero attached hydrogens (tertiary/aromatic N) is 2. The van der Waals surface area contributed by atoms with Gasteiger partial charge in [0.15, 0.2) is 6.61 Å². The maximum absolute atomic E-state index is 12.2. The number of aromatic nitrogens is 1. The van der Waals surface area contributed by atoms with E-state index >= 15 is 0 Å². The minimum absolute atomic E-state index is 0.105. The molecule has 1 aliphatic rings. The summed E-state index contributed by atoms with van der Waals surface area (Å²) in [6.07, 6.45) is -1.66. The molecule has 0 bridgehead atoms. The molecule has 1 aliphatic heterocycles. The summed E-state index contributed by atoms with van der Waals surface area (Å²) in [6.45, 7) is 0.293. The van der Waals surface area contributed by atoms with E-state index in [1.54, 1.807) is 6.07 Å². The Balaban J connectivity index is 1.44. The zero-order valence-corrected chi connectivity index (χ0v) is 16.7. The molecular weight excluding hydrogens is 413 g/mol. The first-order chi connectivity index (χ1) is 14.8. The van der Waals surface area contributed by atoms with E-state index in [-0.39, 0.29) is 18.3 Å². The number of alkyl halides is 3. The lowest BCUT2D eigenvalue weighted by molar-refractivity contribution is -0.154. The number of benzene rings is 1. The second-order valence-corrected chi connectivity index (χ2v) is 7.18. The first-order valence-electron chi connectivity index (χ1n) is 9.80. The van der Waals surface area contributed by atoms with Crippen molar-refractivity contribution in [1.29, 1.82) is 0 Å². The Hall–Kier alpha value is -3.30. The van der Waals surface area contributed by atoms with Crippen LogP contribution in [0.5, 0.6) is 5.88 Å². The average molecular weight is 436 g/mol. The van der Waals surface area contributed by atoms with Crippen molar-refractivity contribution >= 4 is 11.9 Å². The van der Waals surface area contributed by atoms with Crippen LogP contribution in [0.15, 0.2) is 42.6 Å². The molecule has 10 heteroatoms. The fraction of sp³-hybridized carbons (Fsp3) is 0.381. The first-order valence-corrected chi connectivity index (χ1v) is 9.80. The largest absolute Gasteiger partial charge is 0.468 e. The van der Waals surface area contributed by atoms with Crippen LogP contribution in [0.4, 0.5) is 18.0 Å². The van der Waals surface area contributed by atoms with E-state index in [1.807, 2.05) is 29.2 Å². The number of amides is 3. The summed E-state index contributed by atoms with van der Waals surface area (Å²) < 4.78 is 41.3. The predicted molar refractivity (Wildman–Crippen MR) is 106 cm³/mol. The van der Waals surface area contributed by atoms with E-state index in [9.17, 15) is 22.8 Å². The SMILES string of the molecule is O=C(NCc1cccc(CN2CCCC2=O)c1)NCc1ccnc(OCC(F)(F)F)c1. The number of pyridine rings is 1. The van der Waals surface area contributed by atoms with Crippen LogP contribution in [0.25, 0.3) is 0 Å². The van der Waals surface area contributed by atoms with Gasteiger partial charge in [-0.1, -0.05) is 24.3 Å². The van der Waals surface area contributed by atoms with Crippen LogP contribution in [0.2, 0.25) is 0 Å². The Morgan fingerprint density at radius 3 is 2.48 bits per heavy atom. The van der Waals surface area contributed by atoms with Crippen LogP contribution in [0, 0.1) is 0 Å². The summed E-state index contributed by atoms with van der Waals surface area (Å²) in [5, 5.41) is 5.37. The number of halogens is 3. The Morgan fingerprint density at radius 2 is 1.81 bits per heavy atom. The fourth-order valence-corrected chi connectivity index (χ4v) is 3.15. The highest BCUT2D eigenvalue weighted by atomic mass is 19.4. The lowest BCUT2D eigenvalue weighted by Crippen LogP contribution is -2.34. The molecule has 3 amide bonds. The number of hydrogen-bond donors (Lipinski definition) is 2. The maximum atomic E-state index is 12.2. The number of urea groups is 1. The van der Waals surface area contributed by atoms with E-state index in [4.69, 9.17) is 0 Å². The topological polar surface area (TPSA) is 83.6 Å². The molecule has 2 heterocycles. The highest BCUT2D eigenvalue weighted by Crippen LogP contribution is 2.18. The van der Waals surface area contributed by atoms with Crippen molar-refractivity contribution in [2.45, 2.75) is 38.7 Å². The summed E-state index contributed by atoms with van der Waals surface area (Å²) in [5.74, 6) is -0.00341. The Kier molecular flexibility index (Phi) is 7.32. The second-order valence-electron chi connectivity index (χ2n) is 7.18. The van der Waals surface area contributed by atoms with Gasteiger partial charge in [-0.2, -0.15) is 13.2 Å². The number of hydrogen-bond acceptors (Lipinski definition) is 4. The van der Waals surface area contributed by atoms with Gasteiger partial charge in [-0.15, -0.1) is 0 Å². The zero-order valence-electron chi connectivity index (χ0n) is 16.7. The summed E-state index contributed by atoms with van der Waals surface area (Å²) in [5.41, 5.74) is 2.45. The number of nitrogens with one attached hydrogen (secondary N) is 2. The molecule has 0 unspecified atom stereocenters. The van der Waals surface area contributed by atoms with Gasteiger partial charge in [0.25, 0.3) is 0 Å². The van der Waals surface area contributed by atoms with Gasteiger partial charge >= 0.3 is 12.2 Å². The van der Waals surface area contributed by atoms with Crippen LogP contribution in [-0.4, -0.2) is 41.2 Å². The number of carbonyl (C=O) groups excluding carboxylic acids is 2. The number of ether oxygens (including phenoxy) is 1. The molecule has 3 rings (SSSR count). The van der Waals surface area contributed by atoms with Crippen LogP contribution >= 0.6 is 0 Å². The fourth-order valence-electron chi connectivity index (χ4n) is 3.15. The Bertz CT molecular complexity index is 921. The lowest BCUT2D eigenvalue weighted by atomic mass is 10.1. The van der Waals surface area contributed by atoms with Crippen molar-refractivity contribution in [3.63, 3.8) is 0 Å². The van der Waals surface area contributed by atoms with Gasteiger partial charge in [-0.25, -0.2) is 9.78 Å². The van der Waals surface area contributed by atoms with Crippen LogP contribution in [-0.2, 0) is 24.4 Å². The van der Waals surface area contributed by atoms with Crippen molar-refractivity contribution in [3.05, 3.63) is 59.3 Å². The molecule has 166 valence electrons. The molecule has 0 radical (unpaired) electrons. The third-order valence-corrected chi connectivity index (χ3v) is 4.63. The molecule has 7 nitrogen and oxygen atoms in total. The molecular formula is C21H23F3N4O3.